The van der Waals surface area contributed by atoms with Crippen LogP contribution in [0.25, 0.3) is 6.08 Å². The summed E-state index contributed by atoms with van der Waals surface area (Å²) < 4.78 is 13.2. The molecular formula is C12H8FNO2S2. The van der Waals surface area contributed by atoms with Gasteiger partial charge in [0.1, 0.15) is 5.82 Å². The minimum Gasteiger partial charge on any atom is -0.274 e. The first kappa shape index (κ1) is 12.9. The van der Waals surface area contributed by atoms with Crippen LogP contribution >= 0.6 is 24.0 Å². The van der Waals surface area contributed by atoms with Crippen LogP contribution in [0.4, 0.5) is 4.39 Å². The number of carbonyl (C=O) groups excluding carboxylic acids is 2. The van der Waals surface area contributed by atoms with E-state index in [4.69, 9.17) is 12.2 Å². The maximum atomic E-state index is 13.0. The van der Waals surface area contributed by atoms with Gasteiger partial charge in [-0.1, -0.05) is 36.1 Å². The Bertz CT molecular complexity index is 583. The average molecular weight is 281 g/mol. The number of carbonyl (C=O) groups is 2. The molecule has 0 spiro atoms. The second kappa shape index (κ2) is 4.99. The molecule has 3 nitrogen and oxygen atoms in total. The number of amides is 2. The van der Waals surface area contributed by atoms with Crippen LogP contribution in [0.3, 0.4) is 0 Å². The maximum absolute atomic E-state index is 13.0. The molecule has 1 aromatic rings. The molecule has 6 heteroatoms. The topological polar surface area (TPSA) is 37.4 Å². The van der Waals surface area contributed by atoms with Gasteiger partial charge in [-0.2, -0.15) is 0 Å². The van der Waals surface area contributed by atoms with Gasteiger partial charge in [0.15, 0.2) is 4.32 Å². The molecule has 2 rings (SSSR count). The molecule has 1 aromatic carbocycles. The number of imide groups is 1. The van der Waals surface area contributed by atoms with E-state index in [9.17, 15) is 14.0 Å². The lowest BCUT2D eigenvalue weighted by Crippen LogP contribution is -2.32. The molecule has 0 radical (unpaired) electrons. The first-order chi connectivity index (χ1) is 8.49. The van der Waals surface area contributed by atoms with E-state index in [0.717, 1.165) is 16.7 Å². The number of thioether (sulfide) groups is 1. The number of thiocarbonyl (C=S) groups is 1. The van der Waals surface area contributed by atoms with Crippen LogP contribution < -0.4 is 0 Å². The summed E-state index contributed by atoms with van der Waals surface area (Å²) in [5.74, 6) is -1.26. The summed E-state index contributed by atoms with van der Waals surface area (Å²) in [5.41, 5.74) is 0.555. The van der Waals surface area contributed by atoms with Crippen molar-refractivity contribution in [3.63, 3.8) is 0 Å². The fourth-order valence-corrected chi connectivity index (χ4v) is 2.83. The molecule has 0 atom stereocenters. The van der Waals surface area contributed by atoms with E-state index in [2.05, 4.69) is 0 Å². The van der Waals surface area contributed by atoms with Gasteiger partial charge in [0.25, 0.3) is 5.91 Å². The Morgan fingerprint density at radius 1 is 1.50 bits per heavy atom. The minimum absolute atomic E-state index is 0.204. The maximum Gasteiger partial charge on any atom is 0.273 e. The number of halogens is 1. The van der Waals surface area contributed by atoms with E-state index in [1.54, 1.807) is 12.1 Å². The van der Waals surface area contributed by atoms with E-state index in [1.165, 1.54) is 25.1 Å². The van der Waals surface area contributed by atoms with Crippen LogP contribution in [-0.2, 0) is 9.59 Å². The van der Waals surface area contributed by atoms with E-state index < -0.39 is 11.8 Å². The SMILES string of the molecule is CC(=O)N1C(=O)/C(=C\c2cccc(F)c2)SC1=S. The second-order valence-corrected chi connectivity index (χ2v) is 5.27. The Morgan fingerprint density at radius 3 is 2.78 bits per heavy atom. The van der Waals surface area contributed by atoms with Crippen molar-refractivity contribution in [3.05, 3.63) is 40.6 Å². The Hall–Kier alpha value is -1.53. The lowest BCUT2D eigenvalue weighted by Gasteiger charge is -2.07. The zero-order valence-electron chi connectivity index (χ0n) is 9.34. The van der Waals surface area contributed by atoms with Crippen LogP contribution in [0.1, 0.15) is 12.5 Å². The smallest absolute Gasteiger partial charge is 0.273 e. The Morgan fingerprint density at radius 2 is 2.22 bits per heavy atom. The van der Waals surface area contributed by atoms with Crippen LogP contribution in [0.5, 0.6) is 0 Å². The Labute approximate surface area is 113 Å². The number of hydrogen-bond donors (Lipinski definition) is 0. The van der Waals surface area contributed by atoms with E-state index >= 15 is 0 Å². The van der Waals surface area contributed by atoms with Gasteiger partial charge in [-0.05, 0) is 23.8 Å². The second-order valence-electron chi connectivity index (χ2n) is 3.59. The van der Waals surface area contributed by atoms with Gasteiger partial charge in [-0.15, -0.1) is 0 Å². The molecule has 92 valence electrons. The van der Waals surface area contributed by atoms with E-state index in [-0.39, 0.29) is 10.1 Å². The molecule has 1 aliphatic heterocycles. The predicted molar refractivity (Wildman–Crippen MR) is 72.1 cm³/mol. The van der Waals surface area contributed by atoms with Gasteiger partial charge >= 0.3 is 0 Å². The normalized spacial score (nSPS) is 17.7. The van der Waals surface area contributed by atoms with Crippen molar-refractivity contribution in [3.8, 4) is 0 Å². The van der Waals surface area contributed by atoms with Crippen molar-refractivity contribution in [2.24, 2.45) is 0 Å². The largest absolute Gasteiger partial charge is 0.274 e. The molecule has 1 aliphatic rings. The van der Waals surface area contributed by atoms with Crippen LogP contribution in [0, 0.1) is 5.82 Å². The number of nitrogens with zero attached hydrogens (tertiary/aromatic N) is 1. The van der Waals surface area contributed by atoms with Crippen LogP contribution in [0.2, 0.25) is 0 Å². The summed E-state index contributed by atoms with van der Waals surface area (Å²) in [7, 11) is 0. The van der Waals surface area contributed by atoms with Crippen molar-refractivity contribution >= 4 is 46.2 Å². The third-order valence-electron chi connectivity index (χ3n) is 2.26. The first-order valence-corrected chi connectivity index (χ1v) is 6.25. The fraction of sp³-hybridized carbons (Fsp3) is 0.0833. The predicted octanol–water partition coefficient (Wildman–Crippen LogP) is 2.57. The summed E-state index contributed by atoms with van der Waals surface area (Å²) in [6.45, 7) is 1.27. The van der Waals surface area contributed by atoms with Gasteiger partial charge in [-0.25, -0.2) is 9.29 Å². The fourth-order valence-electron chi connectivity index (χ4n) is 1.49. The molecule has 0 bridgehead atoms. The number of rotatable bonds is 1. The van der Waals surface area contributed by atoms with Gasteiger partial charge in [-0.3, -0.25) is 9.59 Å². The van der Waals surface area contributed by atoms with Crippen molar-refractivity contribution in [1.82, 2.24) is 4.90 Å². The highest BCUT2D eigenvalue weighted by Crippen LogP contribution is 2.32. The zero-order chi connectivity index (χ0) is 13.3. The lowest BCUT2D eigenvalue weighted by molar-refractivity contribution is -0.135. The minimum atomic E-state index is -0.457. The molecule has 1 heterocycles. The van der Waals surface area contributed by atoms with Gasteiger partial charge in [0, 0.05) is 6.92 Å². The van der Waals surface area contributed by atoms with Crippen molar-refractivity contribution in [1.29, 1.82) is 0 Å². The Kier molecular flexibility index (Phi) is 3.58. The molecule has 1 fully saturated rings. The third kappa shape index (κ3) is 2.49. The molecule has 0 N–H and O–H groups in total. The van der Waals surface area contributed by atoms with Crippen LogP contribution in [-0.4, -0.2) is 21.0 Å². The Balaban J connectivity index is 2.34. The molecule has 0 saturated carbocycles. The van der Waals surface area contributed by atoms with Gasteiger partial charge < -0.3 is 0 Å². The monoisotopic (exact) mass is 281 g/mol. The molecule has 0 aliphatic carbocycles. The third-order valence-corrected chi connectivity index (χ3v) is 3.56. The number of benzene rings is 1. The summed E-state index contributed by atoms with van der Waals surface area (Å²) in [6, 6.07) is 5.84. The number of hydrogen-bond acceptors (Lipinski definition) is 4. The standard InChI is InChI=1S/C12H8FNO2S2/c1-7(15)14-11(16)10(18-12(14)17)6-8-3-2-4-9(13)5-8/h2-6H,1H3/b10-6+. The quantitative estimate of drug-likeness (QED) is 0.585. The molecular weight excluding hydrogens is 273 g/mol. The van der Waals surface area contributed by atoms with Crippen molar-refractivity contribution in [2.75, 3.05) is 0 Å². The van der Waals surface area contributed by atoms with Crippen LogP contribution in [0.15, 0.2) is 29.2 Å². The summed E-state index contributed by atoms with van der Waals surface area (Å²) in [5, 5.41) is 0. The van der Waals surface area contributed by atoms with Gasteiger partial charge in [0.2, 0.25) is 5.91 Å². The highest BCUT2D eigenvalue weighted by Gasteiger charge is 2.34. The highest BCUT2D eigenvalue weighted by atomic mass is 32.2. The van der Waals surface area contributed by atoms with Crippen molar-refractivity contribution < 1.29 is 14.0 Å². The lowest BCUT2D eigenvalue weighted by atomic mass is 10.2. The summed E-state index contributed by atoms with van der Waals surface area (Å²) in [4.78, 5) is 24.4. The highest BCUT2D eigenvalue weighted by molar-refractivity contribution is 8.26. The van der Waals surface area contributed by atoms with E-state index in [1.807, 2.05) is 0 Å². The van der Waals surface area contributed by atoms with Gasteiger partial charge in [0.05, 0.1) is 4.91 Å². The average Bonchev–Trinajstić information content (AvgIpc) is 2.54. The zero-order valence-corrected chi connectivity index (χ0v) is 11.0. The van der Waals surface area contributed by atoms with E-state index in [0.29, 0.717) is 10.5 Å². The molecule has 2 amide bonds. The first-order valence-electron chi connectivity index (χ1n) is 5.03. The summed E-state index contributed by atoms with van der Waals surface area (Å²) in [6.07, 6.45) is 1.52. The van der Waals surface area contributed by atoms with Crippen molar-refractivity contribution in [2.45, 2.75) is 6.92 Å². The molecule has 1 saturated heterocycles. The summed E-state index contributed by atoms with van der Waals surface area (Å²) >= 11 is 5.98. The molecule has 0 unspecified atom stereocenters. The molecule has 0 aromatic heterocycles. The molecule has 18 heavy (non-hydrogen) atoms.